The second-order valence-corrected chi connectivity index (χ2v) is 6.53. The molecule has 0 aliphatic carbocycles. The van der Waals surface area contributed by atoms with Crippen LogP contribution in [0.2, 0.25) is 0 Å². The second-order valence-electron chi connectivity index (χ2n) is 6.53. The van der Waals surface area contributed by atoms with Gasteiger partial charge < -0.3 is 10.2 Å². The van der Waals surface area contributed by atoms with Gasteiger partial charge >= 0.3 is 0 Å². The lowest BCUT2D eigenvalue weighted by Crippen LogP contribution is -2.28. The van der Waals surface area contributed by atoms with Crippen molar-refractivity contribution in [1.82, 2.24) is 29.6 Å². The van der Waals surface area contributed by atoms with Gasteiger partial charge in [0.25, 0.3) is 0 Å². The average molecular weight is 351 g/mol. The summed E-state index contributed by atoms with van der Waals surface area (Å²) < 4.78 is 1.73. The third-order valence-electron chi connectivity index (χ3n) is 4.56. The van der Waals surface area contributed by atoms with Crippen LogP contribution in [0.5, 0.6) is 0 Å². The van der Waals surface area contributed by atoms with E-state index in [0.29, 0.717) is 24.6 Å². The summed E-state index contributed by atoms with van der Waals surface area (Å²) in [6.45, 7) is 3.57. The van der Waals surface area contributed by atoms with Crippen LogP contribution in [0.25, 0.3) is 22.4 Å². The van der Waals surface area contributed by atoms with Crippen LogP contribution >= 0.6 is 0 Å². The molecule has 1 aliphatic heterocycles. The van der Waals surface area contributed by atoms with Gasteiger partial charge in [0.2, 0.25) is 5.91 Å². The number of aryl methyl sites for hydroxylation is 1. The zero-order chi connectivity index (χ0) is 18.1. The lowest BCUT2D eigenvalue weighted by molar-refractivity contribution is -0.127. The fourth-order valence-corrected chi connectivity index (χ4v) is 3.30. The summed E-state index contributed by atoms with van der Waals surface area (Å²) >= 11 is 0. The second kappa shape index (κ2) is 6.70. The number of fused-ring (bicyclic) bond motifs is 1. The SMILES string of the molecule is CCCN1C[C@@H](Nc2nc(-c3cccnc3)nc3c2cnn3C)CC1=O. The lowest BCUT2D eigenvalue weighted by Gasteiger charge is -2.17. The first-order valence-corrected chi connectivity index (χ1v) is 8.80. The van der Waals surface area contributed by atoms with Gasteiger partial charge in [-0.25, -0.2) is 9.97 Å². The van der Waals surface area contributed by atoms with Crippen molar-refractivity contribution in [2.45, 2.75) is 25.8 Å². The van der Waals surface area contributed by atoms with Crippen molar-refractivity contribution >= 4 is 22.8 Å². The monoisotopic (exact) mass is 351 g/mol. The number of nitrogens with zero attached hydrogens (tertiary/aromatic N) is 6. The summed E-state index contributed by atoms with van der Waals surface area (Å²) in [6.07, 6.45) is 6.66. The number of likely N-dealkylation sites (tertiary alicyclic amines) is 1. The number of anilines is 1. The smallest absolute Gasteiger partial charge is 0.224 e. The van der Waals surface area contributed by atoms with Crippen molar-refractivity contribution in [3.05, 3.63) is 30.7 Å². The van der Waals surface area contributed by atoms with Crippen molar-refractivity contribution in [3.63, 3.8) is 0 Å². The number of carbonyl (C=O) groups excluding carboxylic acids is 1. The molecule has 0 radical (unpaired) electrons. The molecule has 1 amide bonds. The van der Waals surface area contributed by atoms with Gasteiger partial charge in [0, 0.05) is 44.5 Å². The molecule has 0 unspecified atom stereocenters. The predicted molar refractivity (Wildman–Crippen MR) is 98.4 cm³/mol. The van der Waals surface area contributed by atoms with Gasteiger partial charge in [0.15, 0.2) is 11.5 Å². The molecule has 26 heavy (non-hydrogen) atoms. The average Bonchev–Trinajstić information content (AvgIpc) is 3.19. The van der Waals surface area contributed by atoms with E-state index >= 15 is 0 Å². The van der Waals surface area contributed by atoms with Gasteiger partial charge in [-0.05, 0) is 18.6 Å². The standard InChI is InChI=1S/C18H21N7O/c1-3-7-25-11-13(8-15(25)26)21-17-14-10-20-24(2)18(14)23-16(22-17)12-5-4-6-19-9-12/h4-6,9-10,13H,3,7-8,11H2,1-2H3,(H,21,22,23)/t13-/m0/s1. The van der Waals surface area contributed by atoms with Gasteiger partial charge in [-0.1, -0.05) is 6.92 Å². The number of hydrogen-bond acceptors (Lipinski definition) is 6. The van der Waals surface area contributed by atoms with Crippen molar-refractivity contribution in [1.29, 1.82) is 0 Å². The van der Waals surface area contributed by atoms with Gasteiger partial charge in [-0.3, -0.25) is 14.5 Å². The molecule has 0 bridgehead atoms. The third kappa shape index (κ3) is 2.98. The molecule has 4 rings (SSSR count). The summed E-state index contributed by atoms with van der Waals surface area (Å²) in [4.78, 5) is 27.5. The molecule has 3 aromatic heterocycles. The molecule has 134 valence electrons. The minimum Gasteiger partial charge on any atom is -0.364 e. The Labute approximate surface area is 151 Å². The van der Waals surface area contributed by atoms with Crippen molar-refractivity contribution in [3.8, 4) is 11.4 Å². The Bertz CT molecular complexity index is 937. The molecule has 0 spiro atoms. The summed E-state index contributed by atoms with van der Waals surface area (Å²) in [5, 5.41) is 8.59. The van der Waals surface area contributed by atoms with Crippen LogP contribution in [-0.4, -0.2) is 54.7 Å². The van der Waals surface area contributed by atoms with E-state index in [1.54, 1.807) is 23.3 Å². The number of hydrogen-bond donors (Lipinski definition) is 1. The Morgan fingerprint density at radius 3 is 2.96 bits per heavy atom. The third-order valence-corrected chi connectivity index (χ3v) is 4.56. The molecule has 1 atom stereocenters. The number of rotatable bonds is 5. The van der Waals surface area contributed by atoms with Gasteiger partial charge in [-0.2, -0.15) is 5.10 Å². The highest BCUT2D eigenvalue weighted by Gasteiger charge is 2.29. The maximum absolute atomic E-state index is 12.1. The van der Waals surface area contributed by atoms with Crippen LogP contribution in [0.3, 0.4) is 0 Å². The summed E-state index contributed by atoms with van der Waals surface area (Å²) in [7, 11) is 1.86. The molecular weight excluding hydrogens is 330 g/mol. The minimum absolute atomic E-state index is 0.0362. The number of carbonyl (C=O) groups is 1. The fourth-order valence-electron chi connectivity index (χ4n) is 3.30. The molecule has 8 nitrogen and oxygen atoms in total. The van der Waals surface area contributed by atoms with E-state index in [1.807, 2.05) is 24.1 Å². The van der Waals surface area contributed by atoms with Crippen molar-refractivity contribution < 1.29 is 4.79 Å². The molecule has 3 aromatic rings. The van der Waals surface area contributed by atoms with Crippen LogP contribution in [0.4, 0.5) is 5.82 Å². The van der Waals surface area contributed by atoms with Crippen molar-refractivity contribution in [2.75, 3.05) is 18.4 Å². The highest BCUT2D eigenvalue weighted by molar-refractivity contribution is 5.89. The predicted octanol–water partition coefficient (Wildman–Crippen LogP) is 1.85. The summed E-state index contributed by atoms with van der Waals surface area (Å²) in [5.74, 6) is 1.48. The first-order chi connectivity index (χ1) is 12.7. The van der Waals surface area contributed by atoms with E-state index in [-0.39, 0.29) is 11.9 Å². The van der Waals surface area contributed by atoms with Crippen LogP contribution < -0.4 is 5.32 Å². The fraction of sp³-hybridized carbons (Fsp3) is 0.389. The number of aromatic nitrogens is 5. The molecule has 1 saturated heterocycles. The van der Waals surface area contributed by atoms with Crippen LogP contribution in [0.15, 0.2) is 30.7 Å². The van der Waals surface area contributed by atoms with E-state index in [2.05, 4.69) is 27.3 Å². The Balaban J connectivity index is 1.69. The molecule has 0 aromatic carbocycles. The quantitative estimate of drug-likeness (QED) is 0.755. The zero-order valence-corrected chi connectivity index (χ0v) is 14.9. The number of pyridine rings is 1. The number of amides is 1. The van der Waals surface area contributed by atoms with Gasteiger partial charge in [0.05, 0.1) is 17.6 Å². The van der Waals surface area contributed by atoms with E-state index < -0.39 is 0 Å². The Morgan fingerprint density at radius 2 is 2.19 bits per heavy atom. The van der Waals surface area contributed by atoms with Crippen LogP contribution in [0.1, 0.15) is 19.8 Å². The highest BCUT2D eigenvalue weighted by Crippen LogP contribution is 2.26. The lowest BCUT2D eigenvalue weighted by atomic mass is 10.2. The molecule has 1 fully saturated rings. The molecule has 8 heteroatoms. The molecular formula is C18H21N7O. The van der Waals surface area contributed by atoms with Crippen molar-refractivity contribution in [2.24, 2.45) is 7.05 Å². The summed E-state index contributed by atoms with van der Waals surface area (Å²) in [6, 6.07) is 3.82. The van der Waals surface area contributed by atoms with E-state index in [9.17, 15) is 4.79 Å². The Hall–Kier alpha value is -3.03. The van der Waals surface area contributed by atoms with E-state index in [1.165, 1.54) is 0 Å². The molecule has 0 saturated carbocycles. The first kappa shape index (κ1) is 16.4. The normalized spacial score (nSPS) is 17.2. The topological polar surface area (TPSA) is 88.8 Å². The maximum atomic E-state index is 12.1. The largest absolute Gasteiger partial charge is 0.364 e. The van der Waals surface area contributed by atoms with Gasteiger partial charge in [-0.15, -0.1) is 0 Å². The van der Waals surface area contributed by atoms with Crippen LogP contribution in [-0.2, 0) is 11.8 Å². The first-order valence-electron chi connectivity index (χ1n) is 8.80. The van der Waals surface area contributed by atoms with Crippen LogP contribution in [0, 0.1) is 0 Å². The van der Waals surface area contributed by atoms with E-state index in [0.717, 1.165) is 29.6 Å². The Morgan fingerprint density at radius 1 is 1.31 bits per heavy atom. The minimum atomic E-state index is 0.0362. The molecule has 1 N–H and O–H groups in total. The van der Waals surface area contributed by atoms with Gasteiger partial charge in [0.1, 0.15) is 5.82 Å². The molecule has 4 heterocycles. The maximum Gasteiger partial charge on any atom is 0.224 e. The van der Waals surface area contributed by atoms with E-state index in [4.69, 9.17) is 4.98 Å². The highest BCUT2D eigenvalue weighted by atomic mass is 16.2. The Kier molecular flexibility index (Phi) is 4.24. The zero-order valence-electron chi connectivity index (χ0n) is 14.9. The summed E-state index contributed by atoms with van der Waals surface area (Å²) in [5.41, 5.74) is 1.59. The number of nitrogens with one attached hydrogen (secondary N) is 1. The molecule has 1 aliphatic rings.